The number of phosphoric ester groups is 1. The quantitative estimate of drug-likeness (QED) is 0.0754. The van der Waals surface area contributed by atoms with Gasteiger partial charge in [-0.2, -0.15) is 0 Å². The maximum atomic E-state index is 12.0. The van der Waals surface area contributed by atoms with Crippen molar-refractivity contribution in [1.82, 2.24) is 0 Å². The van der Waals surface area contributed by atoms with Crippen LogP contribution in [0.2, 0.25) is 0 Å². The van der Waals surface area contributed by atoms with Crippen LogP contribution >= 0.6 is 7.82 Å². The van der Waals surface area contributed by atoms with Crippen LogP contribution in [-0.2, 0) is 23.1 Å². The van der Waals surface area contributed by atoms with Crippen LogP contribution in [0.25, 0.3) is 0 Å². The van der Waals surface area contributed by atoms with Crippen molar-refractivity contribution in [2.45, 2.75) is 109 Å². The van der Waals surface area contributed by atoms with Crippen molar-refractivity contribution in [2.75, 3.05) is 47.5 Å². The number of carbonyl (C=O) groups excluding carboxylic acids is 1. The summed E-state index contributed by atoms with van der Waals surface area (Å²) in [5, 5.41) is 9.38. The van der Waals surface area contributed by atoms with E-state index in [1.165, 1.54) is 70.6 Å². The average Bonchev–Trinajstić information content (AvgIpc) is 2.75. The molecule has 0 aromatic heterocycles. The van der Waals surface area contributed by atoms with Crippen LogP contribution in [0.5, 0.6) is 0 Å². The van der Waals surface area contributed by atoms with Crippen molar-refractivity contribution >= 4 is 13.8 Å². The maximum Gasteiger partial charge on any atom is 0.472 e. The number of phosphoric acid groups is 1. The first-order valence-corrected chi connectivity index (χ1v) is 14.8. The topological polar surface area (TPSA) is 102 Å². The second kappa shape index (κ2) is 20.7. The summed E-state index contributed by atoms with van der Waals surface area (Å²) in [5.41, 5.74) is 0. The van der Waals surface area contributed by atoms with Gasteiger partial charge in [0.1, 0.15) is 19.3 Å². The third-order valence-corrected chi connectivity index (χ3v) is 6.66. The molecule has 0 rings (SSSR count). The van der Waals surface area contributed by atoms with Crippen molar-refractivity contribution in [3.8, 4) is 0 Å². The summed E-state index contributed by atoms with van der Waals surface area (Å²) in [7, 11) is 1.56. The number of aliphatic hydroxyl groups is 1. The van der Waals surface area contributed by atoms with Crippen molar-refractivity contribution in [2.24, 2.45) is 0 Å². The van der Waals surface area contributed by atoms with Gasteiger partial charge in [-0.25, -0.2) is 4.57 Å². The van der Waals surface area contributed by atoms with Crippen LogP contribution in [0.1, 0.15) is 103 Å². The molecule has 0 saturated heterocycles. The minimum atomic E-state index is -4.25. The van der Waals surface area contributed by atoms with E-state index in [2.05, 4.69) is 6.92 Å². The van der Waals surface area contributed by atoms with Gasteiger partial charge in [-0.3, -0.25) is 13.8 Å². The van der Waals surface area contributed by atoms with Crippen molar-refractivity contribution in [1.29, 1.82) is 0 Å². The maximum absolute atomic E-state index is 12.0. The molecule has 0 aromatic carbocycles. The number of esters is 1. The molecule has 0 spiro atoms. The fourth-order valence-electron chi connectivity index (χ4n) is 3.48. The number of ether oxygens (including phenoxy) is 1. The Morgan fingerprint density at radius 3 is 1.74 bits per heavy atom. The zero-order valence-electron chi connectivity index (χ0n) is 22.3. The molecule has 1 unspecified atom stereocenters. The Kier molecular flexibility index (Phi) is 20.4. The predicted molar refractivity (Wildman–Crippen MR) is 137 cm³/mol. The monoisotopic (exact) mass is 510 g/mol. The molecule has 34 heavy (non-hydrogen) atoms. The summed E-state index contributed by atoms with van der Waals surface area (Å²) in [6.07, 6.45) is 16.7. The van der Waals surface area contributed by atoms with Gasteiger partial charge >= 0.3 is 13.8 Å². The van der Waals surface area contributed by atoms with Crippen LogP contribution < -0.4 is 0 Å². The Bertz CT molecular complexity index is 540. The van der Waals surface area contributed by atoms with Crippen molar-refractivity contribution in [3.05, 3.63) is 0 Å². The van der Waals surface area contributed by atoms with Gasteiger partial charge < -0.3 is 19.2 Å². The third-order valence-electron chi connectivity index (χ3n) is 5.68. The Hall–Kier alpha value is -0.500. The summed E-state index contributed by atoms with van der Waals surface area (Å²) < 4.78 is 27.4. The standard InChI is InChI=1S/C25H52NO7P/c1-5-6-7-8-9-10-11-12-13-14-15-16-17-18-19-25(28)33-24(22-27)23-32-34(29,30)31-21-20-26(2,3)4/h24,27H,5-23H2,1-4H3/p+1/t24-/m1/s1. The van der Waals surface area contributed by atoms with E-state index < -0.39 is 26.5 Å². The highest BCUT2D eigenvalue weighted by atomic mass is 31.2. The van der Waals surface area contributed by atoms with E-state index in [1.54, 1.807) is 0 Å². The van der Waals surface area contributed by atoms with Crippen LogP contribution in [-0.4, -0.2) is 74.1 Å². The van der Waals surface area contributed by atoms with E-state index >= 15 is 0 Å². The second-order valence-corrected chi connectivity index (χ2v) is 11.7. The molecule has 0 bridgehead atoms. The fraction of sp³-hybridized carbons (Fsp3) is 0.960. The number of hydrogen-bond donors (Lipinski definition) is 2. The first-order chi connectivity index (χ1) is 16.1. The molecule has 9 heteroatoms. The highest BCUT2D eigenvalue weighted by Gasteiger charge is 2.25. The number of likely N-dealkylation sites (N-methyl/N-ethyl adjacent to an activating group) is 1. The SMILES string of the molecule is CCCCCCCCCCCCCCCCC(=O)O[C@H](CO)COP(=O)(O)OCC[N+](C)(C)C. The zero-order valence-corrected chi connectivity index (χ0v) is 23.2. The van der Waals surface area contributed by atoms with E-state index in [0.717, 1.165) is 19.3 Å². The van der Waals surface area contributed by atoms with Crippen LogP contribution in [0.15, 0.2) is 0 Å². The van der Waals surface area contributed by atoms with Gasteiger partial charge in [0.2, 0.25) is 0 Å². The number of nitrogens with zero attached hydrogens (tertiary/aromatic N) is 1. The normalized spacial score (nSPS) is 14.6. The van der Waals surface area contributed by atoms with E-state index in [4.69, 9.17) is 13.8 Å². The van der Waals surface area contributed by atoms with E-state index in [1.807, 2.05) is 21.1 Å². The van der Waals surface area contributed by atoms with Gasteiger partial charge in [-0.05, 0) is 6.42 Å². The summed E-state index contributed by atoms with van der Waals surface area (Å²) in [6, 6.07) is 0. The van der Waals surface area contributed by atoms with Crippen molar-refractivity contribution < 1.29 is 37.6 Å². The lowest BCUT2D eigenvalue weighted by Crippen LogP contribution is -2.37. The molecule has 0 aromatic rings. The lowest BCUT2D eigenvalue weighted by molar-refractivity contribution is -0.870. The molecule has 0 radical (unpaired) electrons. The van der Waals surface area contributed by atoms with E-state index in [-0.39, 0.29) is 19.6 Å². The number of aliphatic hydroxyl groups excluding tert-OH is 1. The predicted octanol–water partition coefficient (Wildman–Crippen LogP) is 5.60. The summed E-state index contributed by atoms with van der Waals surface area (Å²) in [6.45, 7) is 1.97. The second-order valence-electron chi connectivity index (χ2n) is 10.3. The third kappa shape index (κ3) is 23.3. The highest BCUT2D eigenvalue weighted by Crippen LogP contribution is 2.43. The Morgan fingerprint density at radius 2 is 1.29 bits per heavy atom. The Morgan fingerprint density at radius 1 is 0.824 bits per heavy atom. The lowest BCUT2D eigenvalue weighted by Gasteiger charge is -2.24. The molecule has 0 aliphatic carbocycles. The minimum absolute atomic E-state index is 0.0555. The molecule has 2 N–H and O–H groups in total. The Balaban J connectivity index is 3.71. The van der Waals surface area contributed by atoms with Crippen LogP contribution in [0.3, 0.4) is 0 Å². The van der Waals surface area contributed by atoms with Gasteiger partial charge in [0.05, 0.1) is 34.4 Å². The Labute approximate surface area is 208 Å². The average molecular weight is 511 g/mol. The fourth-order valence-corrected chi connectivity index (χ4v) is 4.22. The molecule has 204 valence electrons. The molecular formula is C25H53NO7P+. The van der Waals surface area contributed by atoms with Crippen LogP contribution in [0.4, 0.5) is 0 Å². The van der Waals surface area contributed by atoms with Gasteiger partial charge in [-0.15, -0.1) is 0 Å². The summed E-state index contributed by atoms with van der Waals surface area (Å²) in [5.74, 6) is -0.430. The number of carbonyl (C=O) groups is 1. The minimum Gasteiger partial charge on any atom is -0.457 e. The number of rotatable bonds is 24. The number of unbranched alkanes of at least 4 members (excludes halogenated alkanes) is 13. The van der Waals surface area contributed by atoms with E-state index in [0.29, 0.717) is 11.0 Å². The molecule has 0 aliphatic heterocycles. The molecule has 0 saturated carbocycles. The smallest absolute Gasteiger partial charge is 0.457 e. The largest absolute Gasteiger partial charge is 0.472 e. The molecule has 0 fully saturated rings. The van der Waals surface area contributed by atoms with Gasteiger partial charge in [0.15, 0.2) is 0 Å². The van der Waals surface area contributed by atoms with Gasteiger partial charge in [0, 0.05) is 6.42 Å². The van der Waals surface area contributed by atoms with Gasteiger partial charge in [0.25, 0.3) is 0 Å². The lowest BCUT2D eigenvalue weighted by atomic mass is 10.0. The van der Waals surface area contributed by atoms with E-state index in [9.17, 15) is 19.4 Å². The van der Waals surface area contributed by atoms with Gasteiger partial charge in [-0.1, -0.05) is 90.4 Å². The zero-order chi connectivity index (χ0) is 25.7. The first-order valence-electron chi connectivity index (χ1n) is 13.3. The number of hydrogen-bond acceptors (Lipinski definition) is 6. The first kappa shape index (κ1) is 33.5. The molecule has 0 heterocycles. The van der Waals surface area contributed by atoms with Crippen molar-refractivity contribution in [3.63, 3.8) is 0 Å². The van der Waals surface area contributed by atoms with Crippen LogP contribution in [0, 0.1) is 0 Å². The summed E-state index contributed by atoms with van der Waals surface area (Å²) >= 11 is 0. The molecule has 0 aliphatic rings. The number of quaternary nitrogens is 1. The molecule has 0 amide bonds. The highest BCUT2D eigenvalue weighted by molar-refractivity contribution is 7.47. The molecule has 8 nitrogen and oxygen atoms in total. The summed E-state index contributed by atoms with van der Waals surface area (Å²) in [4.78, 5) is 21.7. The molecule has 2 atom stereocenters. The molecular weight excluding hydrogens is 457 g/mol.